The summed E-state index contributed by atoms with van der Waals surface area (Å²) in [5, 5.41) is 18.6. The summed E-state index contributed by atoms with van der Waals surface area (Å²) in [6.45, 7) is 10.2. The predicted molar refractivity (Wildman–Crippen MR) is 112 cm³/mol. The van der Waals surface area contributed by atoms with Gasteiger partial charge >= 0.3 is 0 Å². The molecule has 0 saturated heterocycles. The third kappa shape index (κ3) is 4.67. The molecule has 158 valence electrons. The first kappa shape index (κ1) is 21.5. The maximum Gasteiger partial charge on any atom is 0.275 e. The maximum absolute atomic E-state index is 13.0. The van der Waals surface area contributed by atoms with Crippen LogP contribution in [-0.4, -0.2) is 39.0 Å². The zero-order valence-corrected chi connectivity index (χ0v) is 17.9. The van der Waals surface area contributed by atoms with E-state index >= 15 is 0 Å². The fourth-order valence-electron chi connectivity index (χ4n) is 3.97. The molecule has 7 heteroatoms. The van der Waals surface area contributed by atoms with Crippen molar-refractivity contribution in [2.24, 2.45) is 0 Å². The minimum absolute atomic E-state index is 0.0548. The number of hydrogen-bond acceptors (Lipinski definition) is 5. The number of nitrogens with zero attached hydrogens (tertiary/aromatic N) is 2. The number of nitrogens with one attached hydrogen (secondary N) is 1. The third-order valence-corrected chi connectivity index (χ3v) is 5.48. The number of hydrogen-bond donors (Lipinski definition) is 2. The first-order valence-corrected chi connectivity index (χ1v) is 10.3. The van der Waals surface area contributed by atoms with E-state index in [4.69, 9.17) is 4.74 Å². The summed E-state index contributed by atoms with van der Waals surface area (Å²) in [5.74, 6) is -0.178. The normalized spacial score (nSPS) is 22.5. The molecule has 0 bridgehead atoms. The van der Waals surface area contributed by atoms with Crippen molar-refractivity contribution in [3.63, 3.8) is 0 Å². The Bertz CT molecular complexity index is 956. The van der Waals surface area contributed by atoms with Crippen LogP contribution in [0.25, 0.3) is 10.8 Å². The van der Waals surface area contributed by atoms with Crippen LogP contribution in [-0.2, 0) is 16.1 Å². The Hall–Kier alpha value is -2.25. The molecule has 1 atom stereocenters. The molecule has 1 heterocycles. The molecule has 1 amide bonds. The molecule has 1 aliphatic rings. The molecule has 29 heavy (non-hydrogen) atoms. The van der Waals surface area contributed by atoms with E-state index in [1.165, 1.54) is 4.68 Å². The second-order valence-electron chi connectivity index (χ2n) is 8.57. The van der Waals surface area contributed by atoms with Gasteiger partial charge in [0.05, 0.1) is 22.8 Å². The second-order valence-corrected chi connectivity index (χ2v) is 8.57. The summed E-state index contributed by atoms with van der Waals surface area (Å²) in [4.78, 5) is 25.4. The predicted octanol–water partition coefficient (Wildman–Crippen LogP) is 2.65. The topological polar surface area (TPSA) is 93.5 Å². The quantitative estimate of drug-likeness (QED) is 0.744. The molecule has 2 aromatic rings. The van der Waals surface area contributed by atoms with Gasteiger partial charge in [0.15, 0.2) is 0 Å². The number of rotatable bonds is 7. The molecular formula is C22H31N3O4. The Morgan fingerprint density at radius 2 is 2.03 bits per heavy atom. The Morgan fingerprint density at radius 1 is 1.34 bits per heavy atom. The van der Waals surface area contributed by atoms with E-state index in [0.29, 0.717) is 24.8 Å². The standard InChI is InChI=1S/C22H31N3O4/c1-6-29-14(4)15-7-8-17-18(9-15)20(13(2)3)24-25(21(17)27)12-19(26)23-16-10-22(5,28)11-16/h7-9,13-14,16,28H,6,10-12H2,1-5H3,(H,23,26)/t14?,16-,22+. The van der Waals surface area contributed by atoms with Crippen LogP contribution in [0.3, 0.4) is 0 Å². The van der Waals surface area contributed by atoms with E-state index in [1.54, 1.807) is 13.0 Å². The van der Waals surface area contributed by atoms with Gasteiger partial charge in [0.2, 0.25) is 5.91 Å². The van der Waals surface area contributed by atoms with Gasteiger partial charge in [-0.05, 0) is 57.2 Å². The highest BCUT2D eigenvalue weighted by molar-refractivity contribution is 5.85. The Kier molecular flexibility index (Phi) is 6.10. The van der Waals surface area contributed by atoms with Crippen LogP contribution in [0.5, 0.6) is 0 Å². The highest BCUT2D eigenvalue weighted by atomic mass is 16.5. The lowest BCUT2D eigenvalue weighted by Crippen LogP contribution is -2.54. The summed E-state index contributed by atoms with van der Waals surface area (Å²) in [5.41, 5.74) is 0.784. The number of aliphatic hydroxyl groups is 1. The van der Waals surface area contributed by atoms with Gasteiger partial charge < -0.3 is 15.2 Å². The summed E-state index contributed by atoms with van der Waals surface area (Å²) in [7, 11) is 0. The summed E-state index contributed by atoms with van der Waals surface area (Å²) >= 11 is 0. The Morgan fingerprint density at radius 3 is 2.62 bits per heavy atom. The lowest BCUT2D eigenvalue weighted by Gasteiger charge is -2.41. The van der Waals surface area contributed by atoms with Gasteiger partial charge in [-0.1, -0.05) is 19.9 Å². The first-order chi connectivity index (χ1) is 13.6. The molecule has 0 aliphatic heterocycles. The number of carbonyl (C=O) groups is 1. The Balaban J connectivity index is 1.90. The van der Waals surface area contributed by atoms with Gasteiger partial charge in [0, 0.05) is 18.0 Å². The minimum atomic E-state index is -0.711. The minimum Gasteiger partial charge on any atom is -0.390 e. The van der Waals surface area contributed by atoms with Crippen molar-refractivity contribution < 1.29 is 14.6 Å². The zero-order chi connectivity index (χ0) is 21.3. The lowest BCUT2D eigenvalue weighted by molar-refractivity contribution is -0.125. The molecule has 1 aromatic heterocycles. The highest BCUT2D eigenvalue weighted by Crippen LogP contribution is 2.31. The van der Waals surface area contributed by atoms with E-state index in [1.807, 2.05) is 39.8 Å². The van der Waals surface area contributed by atoms with E-state index in [9.17, 15) is 14.7 Å². The largest absolute Gasteiger partial charge is 0.390 e. The van der Waals surface area contributed by atoms with Crippen molar-refractivity contribution in [3.05, 3.63) is 39.8 Å². The number of fused-ring (bicyclic) bond motifs is 1. The molecule has 0 radical (unpaired) electrons. The molecule has 1 saturated carbocycles. The van der Waals surface area contributed by atoms with E-state index < -0.39 is 5.60 Å². The molecule has 1 aromatic carbocycles. The SMILES string of the molecule is CCOC(C)c1ccc2c(=O)n(CC(=O)N[C@H]3C[C@@](C)(O)C3)nc(C(C)C)c2c1. The van der Waals surface area contributed by atoms with Gasteiger partial charge in [-0.3, -0.25) is 9.59 Å². The number of benzene rings is 1. The average Bonchev–Trinajstić information content (AvgIpc) is 2.62. The number of carbonyl (C=O) groups excluding carboxylic acids is 1. The Labute approximate surface area is 171 Å². The zero-order valence-electron chi connectivity index (χ0n) is 17.9. The molecule has 1 unspecified atom stereocenters. The second kappa shape index (κ2) is 8.24. The smallest absolute Gasteiger partial charge is 0.275 e. The van der Waals surface area contributed by atoms with Crippen LogP contribution in [0.2, 0.25) is 0 Å². The number of aromatic nitrogens is 2. The van der Waals surface area contributed by atoms with Gasteiger partial charge in [0.1, 0.15) is 6.54 Å². The van der Waals surface area contributed by atoms with Crippen LogP contribution >= 0.6 is 0 Å². The van der Waals surface area contributed by atoms with Crippen molar-refractivity contribution in [2.45, 2.75) is 77.7 Å². The molecule has 1 aliphatic carbocycles. The molecule has 3 rings (SSSR count). The van der Waals surface area contributed by atoms with Crippen LogP contribution < -0.4 is 10.9 Å². The first-order valence-electron chi connectivity index (χ1n) is 10.3. The summed E-state index contributed by atoms with van der Waals surface area (Å²) in [6.07, 6.45) is 0.977. The molecule has 7 nitrogen and oxygen atoms in total. The fraction of sp³-hybridized carbons (Fsp3) is 0.591. The molecular weight excluding hydrogens is 370 g/mol. The fourth-order valence-corrected chi connectivity index (χ4v) is 3.97. The molecule has 0 spiro atoms. The van der Waals surface area contributed by atoms with Crippen molar-refractivity contribution in [2.75, 3.05) is 6.61 Å². The summed E-state index contributed by atoms with van der Waals surface area (Å²) in [6, 6.07) is 5.61. The number of ether oxygens (including phenoxy) is 1. The summed E-state index contributed by atoms with van der Waals surface area (Å²) < 4.78 is 6.92. The van der Waals surface area contributed by atoms with Crippen molar-refractivity contribution in [3.8, 4) is 0 Å². The average molecular weight is 402 g/mol. The monoisotopic (exact) mass is 401 g/mol. The van der Waals surface area contributed by atoms with Gasteiger partial charge in [-0.15, -0.1) is 0 Å². The van der Waals surface area contributed by atoms with E-state index in [0.717, 1.165) is 16.6 Å². The maximum atomic E-state index is 13.0. The van der Waals surface area contributed by atoms with Crippen LogP contribution in [0.4, 0.5) is 0 Å². The molecule has 1 fully saturated rings. The van der Waals surface area contributed by atoms with Crippen LogP contribution in [0.1, 0.15) is 70.7 Å². The van der Waals surface area contributed by atoms with Crippen molar-refractivity contribution in [1.82, 2.24) is 15.1 Å². The van der Waals surface area contributed by atoms with Crippen molar-refractivity contribution >= 4 is 16.7 Å². The van der Waals surface area contributed by atoms with Crippen LogP contribution in [0, 0.1) is 0 Å². The van der Waals surface area contributed by atoms with Crippen molar-refractivity contribution in [1.29, 1.82) is 0 Å². The van der Waals surface area contributed by atoms with Crippen LogP contribution in [0.15, 0.2) is 23.0 Å². The van der Waals surface area contributed by atoms with Gasteiger partial charge in [0.25, 0.3) is 5.56 Å². The molecule has 2 N–H and O–H groups in total. The third-order valence-electron chi connectivity index (χ3n) is 5.48. The highest BCUT2D eigenvalue weighted by Gasteiger charge is 2.39. The van der Waals surface area contributed by atoms with Gasteiger partial charge in [-0.2, -0.15) is 5.10 Å². The lowest BCUT2D eigenvalue weighted by atomic mass is 9.77. The van der Waals surface area contributed by atoms with E-state index in [2.05, 4.69) is 10.4 Å². The van der Waals surface area contributed by atoms with E-state index in [-0.39, 0.29) is 36.1 Å². The number of amides is 1. The van der Waals surface area contributed by atoms with Gasteiger partial charge in [-0.25, -0.2) is 4.68 Å².